The van der Waals surface area contributed by atoms with Gasteiger partial charge in [-0.05, 0) is 31.9 Å². The molecule has 0 heterocycles. The van der Waals surface area contributed by atoms with Crippen LogP contribution < -0.4 is 0 Å². The molecule has 16 heavy (non-hydrogen) atoms. The average Bonchev–Trinajstić information content (AvgIpc) is 2.66. The molecule has 2 rings (SSSR count). The van der Waals surface area contributed by atoms with Crippen LogP contribution in [0.2, 0.25) is 0 Å². The third-order valence-electron chi connectivity index (χ3n) is 3.12. The molecule has 1 aliphatic rings. The summed E-state index contributed by atoms with van der Waals surface area (Å²) in [6, 6.07) is 7.19. The summed E-state index contributed by atoms with van der Waals surface area (Å²) in [5.41, 5.74) is 1.09. The number of benzene rings is 1. The summed E-state index contributed by atoms with van der Waals surface area (Å²) in [7, 11) is -3.11. The van der Waals surface area contributed by atoms with E-state index < -0.39 is 9.84 Å². The van der Waals surface area contributed by atoms with Crippen molar-refractivity contribution >= 4 is 32.4 Å². The summed E-state index contributed by atoms with van der Waals surface area (Å²) < 4.78 is 25.0. The van der Waals surface area contributed by atoms with Gasteiger partial charge in [-0.25, -0.2) is 8.42 Å². The Balaban J connectivity index is 2.35. The van der Waals surface area contributed by atoms with Crippen molar-refractivity contribution in [1.82, 2.24) is 0 Å². The fourth-order valence-corrected chi connectivity index (χ4v) is 5.96. The minimum absolute atomic E-state index is 0.184. The SMILES string of the molecule is Cc1ccc(S(=O)(=O)[C@H]2CCC[C@@H]2I)cc1. The smallest absolute Gasteiger partial charge is 0.182 e. The molecule has 1 aromatic carbocycles. The van der Waals surface area contributed by atoms with Crippen molar-refractivity contribution in [2.24, 2.45) is 0 Å². The van der Waals surface area contributed by atoms with Gasteiger partial charge in [0.25, 0.3) is 0 Å². The van der Waals surface area contributed by atoms with Crippen LogP contribution in [0, 0.1) is 6.92 Å². The molecular weight excluding hydrogens is 335 g/mol. The summed E-state index contributed by atoms with van der Waals surface area (Å²) in [6.45, 7) is 1.97. The number of rotatable bonds is 2. The number of alkyl halides is 1. The van der Waals surface area contributed by atoms with Crippen LogP contribution in [0.1, 0.15) is 24.8 Å². The van der Waals surface area contributed by atoms with Crippen LogP contribution >= 0.6 is 22.6 Å². The molecular formula is C12H15IO2S. The molecule has 4 heteroatoms. The molecule has 0 radical (unpaired) electrons. The van der Waals surface area contributed by atoms with Crippen LogP contribution in [-0.4, -0.2) is 17.6 Å². The van der Waals surface area contributed by atoms with Crippen molar-refractivity contribution in [2.45, 2.75) is 40.3 Å². The Kier molecular flexibility index (Phi) is 3.59. The molecule has 0 aliphatic heterocycles. The van der Waals surface area contributed by atoms with Crippen molar-refractivity contribution in [3.05, 3.63) is 29.8 Å². The maximum Gasteiger partial charge on any atom is 0.182 e. The monoisotopic (exact) mass is 350 g/mol. The first kappa shape index (κ1) is 12.4. The number of aryl methyl sites for hydroxylation is 1. The zero-order valence-corrected chi connectivity index (χ0v) is 12.2. The van der Waals surface area contributed by atoms with E-state index in [-0.39, 0.29) is 9.17 Å². The van der Waals surface area contributed by atoms with E-state index in [2.05, 4.69) is 22.6 Å². The molecule has 1 fully saturated rings. The van der Waals surface area contributed by atoms with Crippen LogP contribution in [0.5, 0.6) is 0 Å². The topological polar surface area (TPSA) is 34.1 Å². The lowest BCUT2D eigenvalue weighted by atomic mass is 10.2. The van der Waals surface area contributed by atoms with Gasteiger partial charge in [0.15, 0.2) is 9.84 Å². The van der Waals surface area contributed by atoms with Crippen molar-refractivity contribution in [2.75, 3.05) is 0 Å². The Bertz CT molecular complexity index is 464. The normalized spacial score (nSPS) is 25.9. The summed E-state index contributed by atoms with van der Waals surface area (Å²) >= 11 is 2.27. The summed E-state index contributed by atoms with van der Waals surface area (Å²) in [4.78, 5) is 0.478. The Morgan fingerprint density at radius 2 is 1.81 bits per heavy atom. The second-order valence-corrected chi connectivity index (χ2v) is 8.11. The first-order valence-corrected chi connectivity index (χ1v) is 8.25. The molecule has 0 unspecified atom stereocenters. The van der Waals surface area contributed by atoms with Crippen molar-refractivity contribution in [1.29, 1.82) is 0 Å². The lowest BCUT2D eigenvalue weighted by Crippen LogP contribution is -2.25. The van der Waals surface area contributed by atoms with Crippen LogP contribution in [0.3, 0.4) is 0 Å². The number of hydrogen-bond acceptors (Lipinski definition) is 2. The lowest BCUT2D eigenvalue weighted by Gasteiger charge is -2.15. The summed E-state index contributed by atoms with van der Waals surface area (Å²) in [5, 5.41) is -0.184. The molecule has 1 saturated carbocycles. The highest BCUT2D eigenvalue weighted by Crippen LogP contribution is 2.34. The van der Waals surface area contributed by atoms with Gasteiger partial charge in [-0.2, -0.15) is 0 Å². The maximum atomic E-state index is 12.4. The second kappa shape index (κ2) is 4.64. The fraction of sp³-hybridized carbons (Fsp3) is 0.500. The van der Waals surface area contributed by atoms with Gasteiger partial charge in [-0.1, -0.05) is 46.7 Å². The molecule has 0 N–H and O–H groups in total. The Hall–Kier alpha value is -0.100. The molecule has 1 aliphatic carbocycles. The van der Waals surface area contributed by atoms with Gasteiger partial charge in [0.05, 0.1) is 10.1 Å². The number of hydrogen-bond donors (Lipinski definition) is 0. The molecule has 0 saturated heterocycles. The Morgan fingerprint density at radius 3 is 2.31 bits per heavy atom. The average molecular weight is 350 g/mol. The number of halogens is 1. The van der Waals surface area contributed by atoms with Crippen LogP contribution in [0.15, 0.2) is 29.2 Å². The maximum absolute atomic E-state index is 12.4. The van der Waals surface area contributed by atoms with Crippen LogP contribution in [0.25, 0.3) is 0 Å². The molecule has 0 aromatic heterocycles. The van der Waals surface area contributed by atoms with Crippen LogP contribution in [-0.2, 0) is 9.84 Å². The fourth-order valence-electron chi connectivity index (χ4n) is 2.13. The standard InChI is InChI=1S/C12H15IO2S/c1-9-5-7-10(8-6-9)16(14,15)12-4-2-3-11(12)13/h5-8,11-12H,2-4H2,1H3/t11-,12-/m0/s1. The van der Waals surface area contributed by atoms with E-state index in [4.69, 9.17) is 0 Å². The third kappa shape index (κ3) is 2.27. The van der Waals surface area contributed by atoms with Crippen molar-refractivity contribution in [3.63, 3.8) is 0 Å². The number of sulfone groups is 1. The highest BCUT2D eigenvalue weighted by atomic mass is 127. The van der Waals surface area contributed by atoms with Gasteiger partial charge >= 0.3 is 0 Å². The molecule has 2 atom stereocenters. The minimum Gasteiger partial charge on any atom is -0.223 e. The zero-order valence-electron chi connectivity index (χ0n) is 9.19. The van der Waals surface area contributed by atoms with Gasteiger partial charge in [-0.3, -0.25) is 0 Å². The largest absolute Gasteiger partial charge is 0.223 e. The van der Waals surface area contributed by atoms with Crippen LogP contribution in [0.4, 0.5) is 0 Å². The summed E-state index contributed by atoms with van der Waals surface area (Å²) in [5.74, 6) is 0. The van der Waals surface area contributed by atoms with E-state index in [0.29, 0.717) is 4.90 Å². The quantitative estimate of drug-likeness (QED) is 0.607. The van der Waals surface area contributed by atoms with E-state index in [1.54, 1.807) is 12.1 Å². The highest BCUT2D eigenvalue weighted by molar-refractivity contribution is 14.1. The lowest BCUT2D eigenvalue weighted by molar-refractivity contribution is 0.582. The first-order valence-electron chi connectivity index (χ1n) is 5.46. The van der Waals surface area contributed by atoms with Gasteiger partial charge in [0, 0.05) is 3.92 Å². The van der Waals surface area contributed by atoms with E-state index in [1.165, 1.54) is 0 Å². The molecule has 0 bridgehead atoms. The molecule has 2 nitrogen and oxygen atoms in total. The zero-order chi connectivity index (χ0) is 11.8. The first-order chi connectivity index (χ1) is 7.51. The Labute approximate surface area is 111 Å². The highest BCUT2D eigenvalue weighted by Gasteiger charge is 2.36. The van der Waals surface area contributed by atoms with E-state index in [9.17, 15) is 8.42 Å². The molecule has 0 amide bonds. The molecule has 88 valence electrons. The predicted octanol–water partition coefficient (Wildman–Crippen LogP) is 3.12. The molecule has 0 spiro atoms. The van der Waals surface area contributed by atoms with Crippen molar-refractivity contribution < 1.29 is 8.42 Å². The summed E-state index contributed by atoms with van der Waals surface area (Å²) in [6.07, 6.45) is 2.86. The van der Waals surface area contributed by atoms with Gasteiger partial charge < -0.3 is 0 Å². The second-order valence-electron chi connectivity index (χ2n) is 4.34. The van der Waals surface area contributed by atoms with E-state index >= 15 is 0 Å². The molecule has 1 aromatic rings. The van der Waals surface area contributed by atoms with Gasteiger partial charge in [0.1, 0.15) is 0 Å². The predicted molar refractivity (Wildman–Crippen MR) is 73.8 cm³/mol. The van der Waals surface area contributed by atoms with Gasteiger partial charge in [0.2, 0.25) is 0 Å². The minimum atomic E-state index is -3.11. The van der Waals surface area contributed by atoms with E-state index in [0.717, 1.165) is 24.8 Å². The third-order valence-corrected chi connectivity index (χ3v) is 7.39. The Morgan fingerprint density at radius 1 is 1.19 bits per heavy atom. The van der Waals surface area contributed by atoms with Gasteiger partial charge in [-0.15, -0.1) is 0 Å². The van der Waals surface area contributed by atoms with Crippen molar-refractivity contribution in [3.8, 4) is 0 Å². The van der Waals surface area contributed by atoms with E-state index in [1.807, 2.05) is 19.1 Å².